The van der Waals surface area contributed by atoms with Crippen molar-refractivity contribution in [1.82, 2.24) is 15.0 Å². The van der Waals surface area contributed by atoms with Crippen molar-refractivity contribution in [2.75, 3.05) is 14.2 Å². The number of pyridine rings is 3. The van der Waals surface area contributed by atoms with E-state index in [4.69, 9.17) is 47.6 Å². The maximum absolute atomic E-state index is 6.58. The molecule has 0 N–H and O–H groups in total. The number of hydrogen-bond acceptors (Lipinski definition) is 5. The second kappa shape index (κ2) is 11.1. The predicted octanol–water partition coefficient (Wildman–Crippen LogP) is 11.4. The van der Waals surface area contributed by atoms with Crippen molar-refractivity contribution in [2.45, 2.75) is 0 Å². The molecule has 0 aliphatic heterocycles. The Bertz CT molecular complexity index is 2800. The molecular formula is C41H25Cl2N3O2. The standard InChI is InChI=1S/C41H25Cl2N3O2/c1-47-25-9-14-34-31(20-25)39(27-11-7-23(42)18-37(27)45-34)29-13-16-36-30(17-22-5-3-4-6-33(22)44-36)41(29)40-28-12-8-24(43)19-38(28)46-35-15-10-26(48-2)21-32(35)40/h3-21H,1-2H3. The minimum absolute atomic E-state index is 0.620. The first-order chi connectivity index (χ1) is 23.5. The average molecular weight is 663 g/mol. The lowest BCUT2D eigenvalue weighted by Crippen LogP contribution is -1.97. The number of hydrogen-bond donors (Lipinski definition) is 0. The topological polar surface area (TPSA) is 57.1 Å². The van der Waals surface area contributed by atoms with Crippen LogP contribution in [0.1, 0.15) is 0 Å². The van der Waals surface area contributed by atoms with Crippen LogP contribution < -0.4 is 9.47 Å². The summed E-state index contributed by atoms with van der Waals surface area (Å²) < 4.78 is 11.5. The van der Waals surface area contributed by atoms with Gasteiger partial charge in [-0.05, 0) is 84.4 Å². The minimum Gasteiger partial charge on any atom is -0.497 e. The zero-order valence-electron chi connectivity index (χ0n) is 25.9. The number of ether oxygens (including phenoxy) is 2. The molecule has 0 spiro atoms. The second-order valence-corrected chi connectivity index (χ2v) is 12.7. The van der Waals surface area contributed by atoms with Gasteiger partial charge in [0.2, 0.25) is 0 Å². The van der Waals surface area contributed by atoms with Gasteiger partial charge in [-0.15, -0.1) is 0 Å². The van der Waals surface area contributed by atoms with E-state index in [1.807, 2.05) is 66.7 Å². The number of halogens is 2. The third-order valence-corrected chi connectivity index (χ3v) is 9.58. The van der Waals surface area contributed by atoms with Crippen LogP contribution >= 0.6 is 23.2 Å². The van der Waals surface area contributed by atoms with Crippen LogP contribution in [0.3, 0.4) is 0 Å². The highest BCUT2D eigenvalue weighted by Crippen LogP contribution is 2.48. The third-order valence-electron chi connectivity index (χ3n) is 9.11. The Morgan fingerprint density at radius 1 is 0.417 bits per heavy atom. The number of rotatable bonds is 4. The van der Waals surface area contributed by atoms with E-state index in [9.17, 15) is 0 Å². The number of fused-ring (bicyclic) bond motifs is 6. The van der Waals surface area contributed by atoms with Gasteiger partial charge in [0.25, 0.3) is 0 Å². The lowest BCUT2D eigenvalue weighted by Gasteiger charge is -2.21. The Kier molecular flexibility index (Phi) is 6.61. The van der Waals surface area contributed by atoms with E-state index in [-0.39, 0.29) is 0 Å². The molecule has 6 aromatic carbocycles. The lowest BCUT2D eigenvalue weighted by atomic mass is 9.84. The van der Waals surface area contributed by atoms with Crippen molar-refractivity contribution < 1.29 is 9.47 Å². The first-order valence-corrected chi connectivity index (χ1v) is 16.2. The molecular weight excluding hydrogens is 637 g/mol. The maximum Gasteiger partial charge on any atom is 0.119 e. The minimum atomic E-state index is 0.620. The van der Waals surface area contributed by atoms with E-state index in [1.54, 1.807) is 14.2 Å². The summed E-state index contributed by atoms with van der Waals surface area (Å²) in [7, 11) is 3.36. The Balaban J connectivity index is 1.56. The van der Waals surface area contributed by atoms with E-state index in [1.165, 1.54) is 0 Å². The summed E-state index contributed by atoms with van der Waals surface area (Å²) in [5.74, 6) is 1.48. The van der Waals surface area contributed by atoms with E-state index in [0.29, 0.717) is 10.0 Å². The first kappa shape index (κ1) is 28.7. The molecule has 9 aromatic rings. The quantitative estimate of drug-likeness (QED) is 0.176. The molecule has 0 radical (unpaired) electrons. The molecule has 5 nitrogen and oxygen atoms in total. The molecule has 0 amide bonds. The van der Waals surface area contributed by atoms with Crippen LogP contribution in [0.25, 0.3) is 87.7 Å². The molecule has 0 saturated heterocycles. The normalized spacial score (nSPS) is 11.8. The largest absolute Gasteiger partial charge is 0.497 e. The Hall–Kier alpha value is -5.49. The number of nitrogens with zero attached hydrogens (tertiary/aromatic N) is 3. The van der Waals surface area contributed by atoms with Crippen molar-refractivity contribution in [1.29, 1.82) is 0 Å². The SMILES string of the molecule is COc1ccc2nc3cc(Cl)ccc3c(-c3ccc4nc5ccccc5cc4c3-c3c4ccc(Cl)cc4nc4ccc(OC)cc34)c2c1. The fraction of sp³-hybridized carbons (Fsp3) is 0.0488. The Morgan fingerprint density at radius 2 is 0.938 bits per heavy atom. The molecule has 7 heteroatoms. The molecule has 0 atom stereocenters. The van der Waals surface area contributed by atoms with Crippen molar-refractivity contribution in [3.63, 3.8) is 0 Å². The summed E-state index contributed by atoms with van der Waals surface area (Å²) in [6.07, 6.45) is 0. The summed E-state index contributed by atoms with van der Waals surface area (Å²) in [4.78, 5) is 15.3. The van der Waals surface area contributed by atoms with Crippen LogP contribution in [-0.2, 0) is 0 Å². The molecule has 0 fully saturated rings. The third kappa shape index (κ3) is 4.50. The second-order valence-electron chi connectivity index (χ2n) is 11.8. The summed E-state index contributed by atoms with van der Waals surface area (Å²) in [5.41, 5.74) is 9.14. The van der Waals surface area contributed by atoms with Gasteiger partial charge in [-0.25, -0.2) is 15.0 Å². The highest BCUT2D eigenvalue weighted by molar-refractivity contribution is 6.32. The smallest absolute Gasteiger partial charge is 0.119 e. The van der Waals surface area contributed by atoms with Gasteiger partial charge in [0.1, 0.15) is 11.5 Å². The Labute approximate surface area is 285 Å². The summed E-state index contributed by atoms with van der Waals surface area (Å²) >= 11 is 13.1. The van der Waals surface area contributed by atoms with Crippen LogP contribution in [0.15, 0.2) is 115 Å². The highest BCUT2D eigenvalue weighted by atomic mass is 35.5. The monoisotopic (exact) mass is 661 g/mol. The Morgan fingerprint density at radius 3 is 1.56 bits per heavy atom. The lowest BCUT2D eigenvalue weighted by molar-refractivity contribution is 0.415. The highest BCUT2D eigenvalue weighted by Gasteiger charge is 2.23. The van der Waals surface area contributed by atoms with Gasteiger partial charge in [0, 0.05) is 59.1 Å². The van der Waals surface area contributed by atoms with Crippen LogP contribution in [0, 0.1) is 0 Å². The van der Waals surface area contributed by atoms with Crippen LogP contribution in [0.2, 0.25) is 10.0 Å². The van der Waals surface area contributed by atoms with E-state index in [2.05, 4.69) is 48.5 Å². The zero-order valence-corrected chi connectivity index (χ0v) is 27.4. The summed E-state index contributed by atoms with van der Waals surface area (Å²) in [5, 5.41) is 7.14. The molecule has 3 aromatic heterocycles. The average Bonchev–Trinajstić information content (AvgIpc) is 3.11. The van der Waals surface area contributed by atoms with Gasteiger partial charge < -0.3 is 9.47 Å². The fourth-order valence-electron chi connectivity index (χ4n) is 6.93. The van der Waals surface area contributed by atoms with E-state index in [0.717, 1.165) is 99.2 Å². The molecule has 0 unspecified atom stereocenters. The fourth-order valence-corrected chi connectivity index (χ4v) is 7.27. The van der Waals surface area contributed by atoms with Gasteiger partial charge in [0.05, 0.1) is 47.3 Å². The van der Waals surface area contributed by atoms with Crippen LogP contribution in [0.5, 0.6) is 11.5 Å². The van der Waals surface area contributed by atoms with Crippen molar-refractivity contribution >= 4 is 88.6 Å². The molecule has 0 aliphatic rings. The van der Waals surface area contributed by atoms with Crippen molar-refractivity contribution in [2.24, 2.45) is 0 Å². The molecule has 0 aliphatic carbocycles. The van der Waals surface area contributed by atoms with Crippen LogP contribution in [-0.4, -0.2) is 29.2 Å². The van der Waals surface area contributed by atoms with Gasteiger partial charge in [-0.3, -0.25) is 0 Å². The van der Waals surface area contributed by atoms with Gasteiger partial charge in [-0.2, -0.15) is 0 Å². The molecule has 9 rings (SSSR count). The number of para-hydroxylation sites is 1. The number of benzene rings is 6. The van der Waals surface area contributed by atoms with Crippen molar-refractivity contribution in [3.05, 3.63) is 125 Å². The molecule has 230 valence electrons. The number of methoxy groups -OCH3 is 2. The maximum atomic E-state index is 6.58. The van der Waals surface area contributed by atoms with Gasteiger partial charge >= 0.3 is 0 Å². The van der Waals surface area contributed by atoms with Gasteiger partial charge in [-0.1, -0.05) is 59.6 Å². The molecule has 0 saturated carbocycles. The van der Waals surface area contributed by atoms with E-state index >= 15 is 0 Å². The summed E-state index contributed by atoms with van der Waals surface area (Å²) in [6.45, 7) is 0. The van der Waals surface area contributed by atoms with Crippen LogP contribution in [0.4, 0.5) is 0 Å². The molecule has 48 heavy (non-hydrogen) atoms. The summed E-state index contributed by atoms with van der Waals surface area (Å²) in [6, 6.07) is 38.5. The molecule has 0 bridgehead atoms. The first-order valence-electron chi connectivity index (χ1n) is 15.5. The van der Waals surface area contributed by atoms with Gasteiger partial charge in [0.15, 0.2) is 0 Å². The predicted molar refractivity (Wildman–Crippen MR) is 199 cm³/mol. The molecule has 3 heterocycles. The zero-order chi connectivity index (χ0) is 32.5. The van der Waals surface area contributed by atoms with Crippen molar-refractivity contribution in [3.8, 4) is 33.8 Å². The number of aromatic nitrogens is 3. The van der Waals surface area contributed by atoms with E-state index < -0.39 is 0 Å².